The van der Waals surface area contributed by atoms with E-state index in [4.69, 9.17) is 10.5 Å². The van der Waals surface area contributed by atoms with Crippen LogP contribution in [0.15, 0.2) is 24.3 Å². The molecule has 2 fully saturated rings. The van der Waals surface area contributed by atoms with Crippen LogP contribution in [0, 0.1) is 17.8 Å². The molecule has 108 valence electrons. The molecule has 0 radical (unpaired) electrons. The van der Waals surface area contributed by atoms with Crippen LogP contribution in [-0.4, -0.2) is 19.1 Å². The number of hydrogen-bond donors (Lipinski definition) is 2. The van der Waals surface area contributed by atoms with Crippen LogP contribution >= 0.6 is 0 Å². The topological polar surface area (TPSA) is 64.3 Å². The fourth-order valence-corrected chi connectivity index (χ4v) is 3.64. The van der Waals surface area contributed by atoms with Crippen LogP contribution in [0.1, 0.15) is 25.7 Å². The van der Waals surface area contributed by atoms with E-state index in [1.807, 2.05) is 24.3 Å². The van der Waals surface area contributed by atoms with Gasteiger partial charge in [0.15, 0.2) is 0 Å². The van der Waals surface area contributed by atoms with E-state index in [0.717, 1.165) is 12.3 Å². The molecule has 4 heteroatoms. The van der Waals surface area contributed by atoms with Gasteiger partial charge in [-0.2, -0.15) is 0 Å². The maximum atomic E-state index is 12.1. The van der Waals surface area contributed by atoms with Gasteiger partial charge in [-0.15, -0.1) is 0 Å². The third-order valence-corrected chi connectivity index (χ3v) is 4.65. The SMILES string of the molecule is Nc1ccccc1OCCNC(=O)C1CC2CCC1C2. The number of nitrogens with one attached hydrogen (secondary N) is 1. The summed E-state index contributed by atoms with van der Waals surface area (Å²) in [6.45, 7) is 1.00. The first kappa shape index (κ1) is 13.3. The van der Waals surface area contributed by atoms with Gasteiger partial charge in [0.25, 0.3) is 0 Å². The Balaban J connectivity index is 1.40. The second-order valence-corrected chi connectivity index (χ2v) is 5.96. The van der Waals surface area contributed by atoms with E-state index in [2.05, 4.69) is 5.32 Å². The van der Waals surface area contributed by atoms with Gasteiger partial charge in [-0.05, 0) is 43.2 Å². The number of para-hydroxylation sites is 2. The summed E-state index contributed by atoms with van der Waals surface area (Å²) < 4.78 is 5.57. The summed E-state index contributed by atoms with van der Waals surface area (Å²) in [6, 6.07) is 7.41. The molecule has 1 aromatic carbocycles. The molecule has 3 unspecified atom stereocenters. The number of hydrogen-bond acceptors (Lipinski definition) is 3. The molecule has 2 aliphatic rings. The summed E-state index contributed by atoms with van der Waals surface area (Å²) in [5.41, 5.74) is 6.42. The normalized spacial score (nSPS) is 27.5. The molecule has 3 N–H and O–H groups in total. The van der Waals surface area contributed by atoms with Crippen molar-refractivity contribution in [2.75, 3.05) is 18.9 Å². The molecule has 0 heterocycles. The zero-order chi connectivity index (χ0) is 13.9. The van der Waals surface area contributed by atoms with Crippen molar-refractivity contribution in [2.24, 2.45) is 17.8 Å². The number of anilines is 1. The van der Waals surface area contributed by atoms with Crippen LogP contribution in [0.25, 0.3) is 0 Å². The van der Waals surface area contributed by atoms with Crippen molar-refractivity contribution < 1.29 is 9.53 Å². The van der Waals surface area contributed by atoms with Crippen LogP contribution < -0.4 is 15.8 Å². The largest absolute Gasteiger partial charge is 0.490 e. The van der Waals surface area contributed by atoms with Crippen molar-refractivity contribution in [3.05, 3.63) is 24.3 Å². The van der Waals surface area contributed by atoms with Crippen LogP contribution in [-0.2, 0) is 4.79 Å². The molecule has 2 aliphatic carbocycles. The van der Waals surface area contributed by atoms with E-state index in [1.54, 1.807) is 0 Å². The van der Waals surface area contributed by atoms with E-state index in [-0.39, 0.29) is 11.8 Å². The van der Waals surface area contributed by atoms with Crippen molar-refractivity contribution >= 4 is 11.6 Å². The molecule has 1 aromatic rings. The third kappa shape index (κ3) is 2.74. The predicted molar refractivity (Wildman–Crippen MR) is 78.3 cm³/mol. The van der Waals surface area contributed by atoms with Gasteiger partial charge < -0.3 is 15.8 Å². The second-order valence-electron chi connectivity index (χ2n) is 5.96. The number of carbonyl (C=O) groups is 1. The molecular weight excluding hydrogens is 252 g/mol. The quantitative estimate of drug-likeness (QED) is 0.639. The number of ether oxygens (including phenoxy) is 1. The van der Waals surface area contributed by atoms with E-state index < -0.39 is 0 Å². The molecule has 0 spiro atoms. The summed E-state index contributed by atoms with van der Waals surface area (Å²) in [5.74, 6) is 2.57. The molecule has 0 aromatic heterocycles. The van der Waals surface area contributed by atoms with Crippen LogP contribution in [0.3, 0.4) is 0 Å². The smallest absolute Gasteiger partial charge is 0.223 e. The highest BCUT2D eigenvalue weighted by Gasteiger charge is 2.42. The second kappa shape index (κ2) is 5.73. The van der Waals surface area contributed by atoms with Gasteiger partial charge in [-0.3, -0.25) is 4.79 Å². The minimum Gasteiger partial charge on any atom is -0.490 e. The lowest BCUT2D eigenvalue weighted by atomic mass is 9.88. The Labute approximate surface area is 119 Å². The number of fused-ring (bicyclic) bond motifs is 2. The summed E-state index contributed by atoms with van der Waals surface area (Å²) in [6.07, 6.45) is 4.91. The average molecular weight is 274 g/mol. The highest BCUT2D eigenvalue weighted by atomic mass is 16.5. The molecule has 3 atom stereocenters. The maximum absolute atomic E-state index is 12.1. The van der Waals surface area contributed by atoms with Crippen molar-refractivity contribution in [1.82, 2.24) is 5.32 Å². The van der Waals surface area contributed by atoms with Gasteiger partial charge in [-0.1, -0.05) is 18.6 Å². The number of rotatable bonds is 5. The minimum atomic E-state index is 0.210. The molecule has 4 nitrogen and oxygen atoms in total. The van der Waals surface area contributed by atoms with Crippen molar-refractivity contribution in [3.63, 3.8) is 0 Å². The standard InChI is InChI=1S/C16H22N2O2/c17-14-3-1-2-4-15(14)20-8-7-18-16(19)13-10-11-5-6-12(13)9-11/h1-4,11-13H,5-10,17H2,(H,18,19). The van der Waals surface area contributed by atoms with Crippen LogP contribution in [0.5, 0.6) is 5.75 Å². The number of carbonyl (C=O) groups excluding carboxylic acids is 1. The highest BCUT2D eigenvalue weighted by Crippen LogP contribution is 2.48. The van der Waals surface area contributed by atoms with E-state index in [1.165, 1.54) is 19.3 Å². The molecular formula is C16H22N2O2. The van der Waals surface area contributed by atoms with Gasteiger partial charge in [0.05, 0.1) is 12.2 Å². The van der Waals surface area contributed by atoms with E-state index in [0.29, 0.717) is 30.5 Å². The lowest BCUT2D eigenvalue weighted by molar-refractivity contribution is -0.126. The van der Waals surface area contributed by atoms with Crippen molar-refractivity contribution in [3.8, 4) is 5.75 Å². The Morgan fingerprint density at radius 2 is 2.15 bits per heavy atom. The molecule has 2 bridgehead atoms. The Morgan fingerprint density at radius 3 is 2.85 bits per heavy atom. The fraction of sp³-hybridized carbons (Fsp3) is 0.562. The van der Waals surface area contributed by atoms with Gasteiger partial charge in [-0.25, -0.2) is 0 Å². The van der Waals surface area contributed by atoms with Crippen molar-refractivity contribution in [1.29, 1.82) is 0 Å². The molecule has 0 aliphatic heterocycles. The first-order valence-electron chi connectivity index (χ1n) is 7.49. The predicted octanol–water partition coefficient (Wildman–Crippen LogP) is 2.20. The minimum absolute atomic E-state index is 0.210. The molecule has 3 rings (SSSR count). The Hall–Kier alpha value is -1.71. The molecule has 2 saturated carbocycles. The lowest BCUT2D eigenvalue weighted by Crippen LogP contribution is -2.36. The number of nitrogen functional groups attached to an aromatic ring is 1. The van der Waals surface area contributed by atoms with Gasteiger partial charge in [0.1, 0.15) is 12.4 Å². The summed E-state index contributed by atoms with van der Waals surface area (Å²) in [5, 5.41) is 2.99. The zero-order valence-corrected chi connectivity index (χ0v) is 11.7. The average Bonchev–Trinajstić information content (AvgIpc) is 3.07. The van der Waals surface area contributed by atoms with Crippen molar-refractivity contribution in [2.45, 2.75) is 25.7 Å². The summed E-state index contributed by atoms with van der Waals surface area (Å²) in [4.78, 5) is 12.1. The number of benzene rings is 1. The number of amides is 1. The Bertz CT molecular complexity index is 489. The molecule has 1 amide bonds. The van der Waals surface area contributed by atoms with Gasteiger partial charge in [0, 0.05) is 5.92 Å². The fourth-order valence-electron chi connectivity index (χ4n) is 3.64. The van der Waals surface area contributed by atoms with Crippen LogP contribution in [0.4, 0.5) is 5.69 Å². The van der Waals surface area contributed by atoms with Gasteiger partial charge >= 0.3 is 0 Å². The Morgan fingerprint density at radius 1 is 1.30 bits per heavy atom. The zero-order valence-electron chi connectivity index (χ0n) is 11.7. The van der Waals surface area contributed by atoms with E-state index >= 15 is 0 Å². The van der Waals surface area contributed by atoms with E-state index in [9.17, 15) is 4.79 Å². The Kier molecular flexibility index (Phi) is 3.81. The third-order valence-electron chi connectivity index (χ3n) is 4.65. The summed E-state index contributed by atoms with van der Waals surface area (Å²) in [7, 11) is 0. The van der Waals surface area contributed by atoms with Crippen LogP contribution in [0.2, 0.25) is 0 Å². The summed E-state index contributed by atoms with van der Waals surface area (Å²) >= 11 is 0. The maximum Gasteiger partial charge on any atom is 0.223 e. The lowest BCUT2D eigenvalue weighted by Gasteiger charge is -2.20. The van der Waals surface area contributed by atoms with Gasteiger partial charge in [0.2, 0.25) is 5.91 Å². The number of nitrogens with two attached hydrogens (primary N) is 1. The first-order chi connectivity index (χ1) is 9.74. The molecule has 20 heavy (non-hydrogen) atoms. The monoisotopic (exact) mass is 274 g/mol. The highest BCUT2D eigenvalue weighted by molar-refractivity contribution is 5.79. The molecule has 0 saturated heterocycles. The first-order valence-corrected chi connectivity index (χ1v) is 7.49.